The lowest BCUT2D eigenvalue weighted by molar-refractivity contribution is 0.0691. The first-order valence-corrected chi connectivity index (χ1v) is 7.28. The van der Waals surface area contributed by atoms with E-state index in [1.807, 2.05) is 0 Å². The van der Waals surface area contributed by atoms with Gasteiger partial charge in [-0.25, -0.2) is 17.6 Å². The van der Waals surface area contributed by atoms with Crippen LogP contribution in [-0.2, 0) is 16.6 Å². The average molecular weight is 313 g/mol. The first-order valence-electron chi connectivity index (χ1n) is 5.84. The van der Waals surface area contributed by atoms with Crippen LogP contribution in [0.1, 0.15) is 16.1 Å². The van der Waals surface area contributed by atoms with Gasteiger partial charge < -0.3 is 9.52 Å². The van der Waals surface area contributed by atoms with Gasteiger partial charge in [-0.05, 0) is 30.3 Å². The number of hydrogen-bond acceptors (Lipinski definition) is 4. The molecule has 0 saturated heterocycles. The van der Waals surface area contributed by atoms with Crippen molar-refractivity contribution in [3.8, 4) is 0 Å². The fraction of sp³-hybridized carbons (Fsp3) is 0.154. The maximum absolute atomic E-state index is 13.3. The number of benzene rings is 1. The summed E-state index contributed by atoms with van der Waals surface area (Å²) < 4.78 is 44.0. The van der Waals surface area contributed by atoms with Crippen molar-refractivity contribution in [1.82, 2.24) is 4.31 Å². The highest BCUT2D eigenvalue weighted by molar-refractivity contribution is 7.89. The van der Waals surface area contributed by atoms with Crippen LogP contribution in [0.2, 0.25) is 0 Å². The third kappa shape index (κ3) is 3.11. The Kier molecular flexibility index (Phi) is 4.10. The molecule has 8 heteroatoms. The van der Waals surface area contributed by atoms with Crippen LogP contribution in [0.4, 0.5) is 4.39 Å². The summed E-state index contributed by atoms with van der Waals surface area (Å²) in [5, 5.41) is 8.84. The van der Waals surface area contributed by atoms with E-state index in [-0.39, 0.29) is 11.4 Å². The first kappa shape index (κ1) is 15.2. The van der Waals surface area contributed by atoms with Crippen molar-refractivity contribution < 1.29 is 27.1 Å². The third-order valence-corrected chi connectivity index (χ3v) is 4.63. The Morgan fingerprint density at radius 3 is 2.67 bits per heavy atom. The summed E-state index contributed by atoms with van der Waals surface area (Å²) in [4.78, 5) is 10.6. The van der Waals surface area contributed by atoms with Crippen molar-refractivity contribution in [3.05, 3.63) is 53.7 Å². The van der Waals surface area contributed by atoms with E-state index in [4.69, 9.17) is 9.52 Å². The van der Waals surface area contributed by atoms with E-state index in [2.05, 4.69) is 0 Å². The van der Waals surface area contributed by atoms with Crippen LogP contribution in [-0.4, -0.2) is 30.8 Å². The number of carboxylic acids is 1. The topological polar surface area (TPSA) is 87.8 Å². The van der Waals surface area contributed by atoms with Gasteiger partial charge in [-0.2, -0.15) is 4.31 Å². The van der Waals surface area contributed by atoms with Crippen LogP contribution in [0, 0.1) is 5.82 Å². The second-order valence-corrected chi connectivity index (χ2v) is 6.33. The molecule has 6 nitrogen and oxygen atoms in total. The van der Waals surface area contributed by atoms with E-state index in [1.54, 1.807) is 12.1 Å². The molecule has 1 N–H and O–H groups in total. The third-order valence-electron chi connectivity index (χ3n) is 2.84. The summed E-state index contributed by atoms with van der Waals surface area (Å²) in [7, 11) is -2.62. The highest BCUT2D eigenvalue weighted by Crippen LogP contribution is 2.20. The van der Waals surface area contributed by atoms with Gasteiger partial charge >= 0.3 is 5.97 Å². The number of furan rings is 1. The van der Waals surface area contributed by atoms with Crippen LogP contribution in [0.5, 0.6) is 0 Å². The minimum Gasteiger partial charge on any atom is -0.478 e. The number of rotatable bonds is 5. The zero-order valence-electron chi connectivity index (χ0n) is 11.0. The van der Waals surface area contributed by atoms with E-state index in [9.17, 15) is 17.6 Å². The Morgan fingerprint density at radius 2 is 2.10 bits per heavy atom. The summed E-state index contributed by atoms with van der Waals surface area (Å²) in [6.45, 7) is -0.0187. The molecule has 2 aromatic rings. The number of carboxylic acid groups (broad SMARTS) is 1. The minimum atomic E-state index is -3.94. The zero-order chi connectivity index (χ0) is 15.6. The summed E-state index contributed by atoms with van der Waals surface area (Å²) in [6, 6.07) is 5.87. The Labute approximate surface area is 120 Å². The minimum absolute atomic E-state index is 0.0187. The first-order chi connectivity index (χ1) is 9.82. The second-order valence-electron chi connectivity index (χ2n) is 4.29. The van der Waals surface area contributed by atoms with Crippen LogP contribution in [0.25, 0.3) is 0 Å². The lowest BCUT2D eigenvalue weighted by Gasteiger charge is -2.16. The number of hydrogen-bond donors (Lipinski definition) is 1. The van der Waals surface area contributed by atoms with Crippen molar-refractivity contribution in [2.24, 2.45) is 0 Å². The molecule has 112 valence electrons. The van der Waals surface area contributed by atoms with E-state index >= 15 is 0 Å². The molecule has 0 aliphatic heterocycles. The quantitative estimate of drug-likeness (QED) is 0.911. The summed E-state index contributed by atoms with van der Waals surface area (Å²) in [6.07, 6.45) is 1.41. The Bertz CT molecular complexity index is 755. The van der Waals surface area contributed by atoms with Crippen molar-refractivity contribution in [2.75, 3.05) is 7.05 Å². The molecule has 1 heterocycles. The molecule has 1 aromatic carbocycles. The molecule has 21 heavy (non-hydrogen) atoms. The Morgan fingerprint density at radius 1 is 1.38 bits per heavy atom. The van der Waals surface area contributed by atoms with E-state index < -0.39 is 27.4 Å². The summed E-state index contributed by atoms with van der Waals surface area (Å²) in [5.74, 6) is -2.09. The molecule has 0 atom stereocenters. The van der Waals surface area contributed by atoms with Crippen LogP contribution >= 0.6 is 0 Å². The fourth-order valence-corrected chi connectivity index (χ4v) is 2.88. The standard InChI is InChI=1S/C13H12FNO5S/c1-15(8-9-3-2-6-20-9)21(18,19)10-4-5-12(14)11(7-10)13(16)17/h2-7H,8H2,1H3,(H,16,17). The smallest absolute Gasteiger partial charge is 0.338 e. The van der Waals surface area contributed by atoms with Crippen molar-refractivity contribution in [2.45, 2.75) is 11.4 Å². The number of halogens is 1. The van der Waals surface area contributed by atoms with Crippen LogP contribution < -0.4 is 0 Å². The molecular formula is C13H12FNO5S. The molecule has 0 unspecified atom stereocenters. The van der Waals surface area contributed by atoms with Gasteiger partial charge in [0.2, 0.25) is 10.0 Å². The summed E-state index contributed by atoms with van der Waals surface area (Å²) in [5.41, 5.74) is -0.692. The second kappa shape index (κ2) is 5.66. The molecule has 0 bridgehead atoms. The molecule has 2 rings (SSSR count). The van der Waals surface area contributed by atoms with E-state index in [1.165, 1.54) is 13.3 Å². The zero-order valence-corrected chi connectivity index (χ0v) is 11.8. The molecule has 0 saturated carbocycles. The van der Waals surface area contributed by atoms with Gasteiger partial charge in [0.15, 0.2) is 0 Å². The Hall–Kier alpha value is -2.19. The van der Waals surface area contributed by atoms with E-state index in [0.717, 1.165) is 22.5 Å². The fourth-order valence-electron chi connectivity index (χ4n) is 1.72. The Balaban J connectivity index is 2.35. The number of carbonyl (C=O) groups is 1. The molecule has 0 radical (unpaired) electrons. The number of aromatic carboxylic acids is 1. The highest BCUT2D eigenvalue weighted by atomic mass is 32.2. The molecule has 0 aliphatic carbocycles. The van der Waals surface area contributed by atoms with Gasteiger partial charge in [0.1, 0.15) is 11.6 Å². The van der Waals surface area contributed by atoms with Crippen molar-refractivity contribution in [3.63, 3.8) is 0 Å². The molecule has 1 aromatic heterocycles. The average Bonchev–Trinajstić information content (AvgIpc) is 2.91. The lowest BCUT2D eigenvalue weighted by Crippen LogP contribution is -2.26. The van der Waals surface area contributed by atoms with Gasteiger partial charge in [-0.1, -0.05) is 0 Å². The van der Waals surface area contributed by atoms with Gasteiger partial charge in [0.25, 0.3) is 0 Å². The van der Waals surface area contributed by atoms with Gasteiger partial charge in [-0.15, -0.1) is 0 Å². The van der Waals surface area contributed by atoms with Gasteiger partial charge in [0, 0.05) is 7.05 Å². The number of sulfonamides is 1. The molecular weight excluding hydrogens is 301 g/mol. The monoisotopic (exact) mass is 313 g/mol. The maximum Gasteiger partial charge on any atom is 0.338 e. The number of nitrogens with zero attached hydrogens (tertiary/aromatic N) is 1. The van der Waals surface area contributed by atoms with Gasteiger partial charge in [-0.3, -0.25) is 0 Å². The largest absolute Gasteiger partial charge is 0.478 e. The van der Waals surface area contributed by atoms with Crippen LogP contribution in [0.3, 0.4) is 0 Å². The highest BCUT2D eigenvalue weighted by Gasteiger charge is 2.24. The predicted molar refractivity (Wildman–Crippen MR) is 70.7 cm³/mol. The molecule has 0 aliphatic rings. The molecule has 0 fully saturated rings. The summed E-state index contributed by atoms with van der Waals surface area (Å²) >= 11 is 0. The maximum atomic E-state index is 13.3. The molecule has 0 spiro atoms. The van der Waals surface area contributed by atoms with Crippen molar-refractivity contribution >= 4 is 16.0 Å². The van der Waals surface area contributed by atoms with Gasteiger partial charge in [0.05, 0.1) is 23.3 Å². The molecule has 0 amide bonds. The van der Waals surface area contributed by atoms with E-state index in [0.29, 0.717) is 5.76 Å². The van der Waals surface area contributed by atoms with Crippen LogP contribution in [0.15, 0.2) is 45.9 Å². The predicted octanol–water partition coefficient (Wildman–Crippen LogP) is 1.94. The SMILES string of the molecule is CN(Cc1ccco1)S(=O)(=O)c1ccc(F)c(C(=O)O)c1. The van der Waals surface area contributed by atoms with Crippen molar-refractivity contribution in [1.29, 1.82) is 0 Å². The lowest BCUT2D eigenvalue weighted by atomic mass is 10.2. The normalized spacial score (nSPS) is 11.8.